The van der Waals surface area contributed by atoms with Crippen LogP contribution in [0.2, 0.25) is 0 Å². The second-order valence-electron chi connectivity index (χ2n) is 3.33. The minimum atomic E-state index is 0.649. The first-order valence-corrected chi connectivity index (χ1v) is 5.58. The van der Waals surface area contributed by atoms with E-state index in [-0.39, 0.29) is 0 Å². The van der Waals surface area contributed by atoms with Gasteiger partial charge in [0.15, 0.2) is 0 Å². The van der Waals surface area contributed by atoms with Crippen LogP contribution in [-0.2, 0) is 0 Å². The average molecular weight is 191 g/mol. The Labute approximate surface area is 88.1 Å². The van der Waals surface area contributed by atoms with Gasteiger partial charge in [0, 0.05) is 6.42 Å². The van der Waals surface area contributed by atoms with Crippen molar-refractivity contribution in [2.45, 2.75) is 51.9 Å². The molecule has 14 heavy (non-hydrogen) atoms. The standard InChI is InChI=1S/C13H21N/c1-2-3-4-5-6-7-8-9-10-11-12-13-14/h3-4,9-10H,2,5-8,11-12H2,1H3/b4-3+,10-9+. The summed E-state index contributed by atoms with van der Waals surface area (Å²) in [6.07, 6.45) is 16.4. The van der Waals surface area contributed by atoms with Crippen LogP contribution in [0, 0.1) is 11.3 Å². The van der Waals surface area contributed by atoms with Crippen molar-refractivity contribution in [2.24, 2.45) is 0 Å². The minimum Gasteiger partial charge on any atom is -0.198 e. The van der Waals surface area contributed by atoms with E-state index < -0.39 is 0 Å². The fraction of sp³-hybridized carbons (Fsp3) is 0.615. The molecule has 78 valence electrons. The molecule has 0 heterocycles. The van der Waals surface area contributed by atoms with Crippen molar-refractivity contribution < 1.29 is 0 Å². The summed E-state index contributed by atoms with van der Waals surface area (Å²) in [4.78, 5) is 0. The first-order valence-electron chi connectivity index (χ1n) is 5.58. The molecular weight excluding hydrogens is 170 g/mol. The van der Waals surface area contributed by atoms with Gasteiger partial charge in [-0.1, -0.05) is 31.2 Å². The highest BCUT2D eigenvalue weighted by Gasteiger charge is 1.83. The zero-order chi connectivity index (χ0) is 10.5. The summed E-state index contributed by atoms with van der Waals surface area (Å²) in [7, 11) is 0. The average Bonchev–Trinajstić information content (AvgIpc) is 2.21. The van der Waals surface area contributed by atoms with Gasteiger partial charge in [-0.15, -0.1) is 0 Å². The second-order valence-corrected chi connectivity index (χ2v) is 3.33. The summed E-state index contributed by atoms with van der Waals surface area (Å²) < 4.78 is 0. The molecule has 0 amide bonds. The molecule has 0 spiro atoms. The largest absolute Gasteiger partial charge is 0.198 e. The molecule has 0 bridgehead atoms. The lowest BCUT2D eigenvalue weighted by Gasteiger charge is -1.92. The molecular formula is C13H21N. The predicted octanol–water partition coefficient (Wildman–Crippen LogP) is 4.37. The number of hydrogen-bond acceptors (Lipinski definition) is 1. The van der Waals surface area contributed by atoms with Crippen LogP contribution in [0.25, 0.3) is 0 Å². The van der Waals surface area contributed by atoms with E-state index in [1.807, 2.05) is 0 Å². The fourth-order valence-corrected chi connectivity index (χ4v) is 1.19. The maximum Gasteiger partial charge on any atom is 0.0624 e. The van der Waals surface area contributed by atoms with E-state index in [1.54, 1.807) is 0 Å². The van der Waals surface area contributed by atoms with E-state index >= 15 is 0 Å². The van der Waals surface area contributed by atoms with E-state index in [9.17, 15) is 0 Å². The van der Waals surface area contributed by atoms with Crippen molar-refractivity contribution in [1.82, 2.24) is 0 Å². The van der Waals surface area contributed by atoms with Gasteiger partial charge in [-0.2, -0.15) is 5.26 Å². The van der Waals surface area contributed by atoms with Crippen molar-refractivity contribution >= 4 is 0 Å². The second kappa shape index (κ2) is 12.0. The Morgan fingerprint density at radius 3 is 2.07 bits per heavy atom. The first-order chi connectivity index (χ1) is 6.91. The maximum atomic E-state index is 8.30. The molecule has 0 radical (unpaired) electrons. The molecule has 1 heteroatoms. The van der Waals surface area contributed by atoms with E-state index in [4.69, 9.17) is 5.26 Å². The van der Waals surface area contributed by atoms with Crippen molar-refractivity contribution in [3.8, 4) is 6.07 Å². The molecule has 0 aromatic heterocycles. The number of rotatable bonds is 8. The predicted molar refractivity (Wildman–Crippen MR) is 61.9 cm³/mol. The molecule has 0 saturated heterocycles. The Bertz CT molecular complexity index is 196. The van der Waals surface area contributed by atoms with Crippen LogP contribution in [0.3, 0.4) is 0 Å². The van der Waals surface area contributed by atoms with Gasteiger partial charge in [-0.3, -0.25) is 0 Å². The highest BCUT2D eigenvalue weighted by Crippen LogP contribution is 2.02. The zero-order valence-electron chi connectivity index (χ0n) is 9.21. The van der Waals surface area contributed by atoms with Gasteiger partial charge in [-0.05, 0) is 38.5 Å². The normalized spacial score (nSPS) is 11.1. The lowest BCUT2D eigenvalue weighted by molar-refractivity contribution is 0.759. The van der Waals surface area contributed by atoms with Crippen LogP contribution < -0.4 is 0 Å². The third-order valence-electron chi connectivity index (χ3n) is 1.98. The molecule has 0 fully saturated rings. The SMILES string of the molecule is CC/C=C/CCCC/C=C/CCC#N. The number of allylic oxidation sites excluding steroid dienone is 4. The van der Waals surface area contributed by atoms with Gasteiger partial charge in [0.25, 0.3) is 0 Å². The van der Waals surface area contributed by atoms with Crippen molar-refractivity contribution in [2.75, 3.05) is 0 Å². The summed E-state index contributed by atoms with van der Waals surface area (Å²) >= 11 is 0. The maximum absolute atomic E-state index is 8.30. The number of hydrogen-bond donors (Lipinski definition) is 0. The lowest BCUT2D eigenvalue weighted by atomic mass is 10.1. The van der Waals surface area contributed by atoms with Crippen LogP contribution >= 0.6 is 0 Å². The van der Waals surface area contributed by atoms with E-state index in [2.05, 4.69) is 37.3 Å². The van der Waals surface area contributed by atoms with E-state index in [0.717, 1.165) is 19.3 Å². The molecule has 0 N–H and O–H groups in total. The molecule has 0 aromatic carbocycles. The molecule has 0 aliphatic heterocycles. The van der Waals surface area contributed by atoms with Gasteiger partial charge in [0.2, 0.25) is 0 Å². The number of nitriles is 1. The Hall–Kier alpha value is -1.03. The van der Waals surface area contributed by atoms with E-state index in [0.29, 0.717) is 6.42 Å². The summed E-state index contributed by atoms with van der Waals surface area (Å²) in [5.74, 6) is 0. The Morgan fingerprint density at radius 1 is 0.929 bits per heavy atom. The molecule has 0 aliphatic carbocycles. The molecule has 0 aromatic rings. The summed E-state index contributed by atoms with van der Waals surface area (Å²) in [5.41, 5.74) is 0. The van der Waals surface area contributed by atoms with Gasteiger partial charge in [0.1, 0.15) is 0 Å². The van der Waals surface area contributed by atoms with Crippen LogP contribution in [0.1, 0.15) is 51.9 Å². The highest BCUT2D eigenvalue weighted by atomic mass is 14.2. The Kier molecular flexibility index (Phi) is 11.1. The van der Waals surface area contributed by atoms with Crippen molar-refractivity contribution in [3.63, 3.8) is 0 Å². The van der Waals surface area contributed by atoms with E-state index in [1.165, 1.54) is 19.3 Å². The zero-order valence-corrected chi connectivity index (χ0v) is 9.21. The Morgan fingerprint density at radius 2 is 1.50 bits per heavy atom. The lowest BCUT2D eigenvalue weighted by Crippen LogP contribution is -1.72. The Balaban J connectivity index is 3.09. The van der Waals surface area contributed by atoms with Gasteiger partial charge in [-0.25, -0.2) is 0 Å². The van der Waals surface area contributed by atoms with Gasteiger partial charge in [0.05, 0.1) is 6.07 Å². The van der Waals surface area contributed by atoms with Crippen molar-refractivity contribution in [3.05, 3.63) is 24.3 Å². The van der Waals surface area contributed by atoms with Crippen LogP contribution in [0.15, 0.2) is 24.3 Å². The van der Waals surface area contributed by atoms with Crippen LogP contribution in [-0.4, -0.2) is 0 Å². The highest BCUT2D eigenvalue weighted by molar-refractivity contribution is 4.86. The van der Waals surface area contributed by atoms with Crippen LogP contribution in [0.4, 0.5) is 0 Å². The van der Waals surface area contributed by atoms with Gasteiger partial charge >= 0.3 is 0 Å². The third kappa shape index (κ3) is 11.0. The summed E-state index contributed by atoms with van der Waals surface area (Å²) in [6, 6.07) is 2.13. The summed E-state index contributed by atoms with van der Waals surface area (Å²) in [6.45, 7) is 2.16. The molecule has 0 rings (SSSR count). The molecule has 0 atom stereocenters. The summed E-state index contributed by atoms with van der Waals surface area (Å²) in [5, 5.41) is 8.30. The number of unbranched alkanes of at least 4 members (excludes halogenated alkanes) is 4. The van der Waals surface area contributed by atoms with Crippen LogP contribution in [0.5, 0.6) is 0 Å². The molecule has 0 saturated carbocycles. The monoisotopic (exact) mass is 191 g/mol. The smallest absolute Gasteiger partial charge is 0.0624 e. The minimum absolute atomic E-state index is 0.649. The third-order valence-corrected chi connectivity index (χ3v) is 1.98. The van der Waals surface area contributed by atoms with Crippen molar-refractivity contribution in [1.29, 1.82) is 5.26 Å². The van der Waals surface area contributed by atoms with Gasteiger partial charge < -0.3 is 0 Å². The topological polar surface area (TPSA) is 23.8 Å². The quantitative estimate of drug-likeness (QED) is 0.413. The fourth-order valence-electron chi connectivity index (χ4n) is 1.19. The first kappa shape index (κ1) is 13.0. The number of nitrogens with zero attached hydrogens (tertiary/aromatic N) is 1. The molecule has 0 unspecified atom stereocenters. The molecule has 1 nitrogen and oxygen atoms in total. The molecule has 0 aliphatic rings.